The fraction of sp³-hybridized carbons (Fsp3) is 0.364. The second-order valence-corrected chi connectivity index (χ2v) is 4.42. The summed E-state index contributed by atoms with van der Waals surface area (Å²) in [5, 5.41) is 12.6. The molecule has 0 aliphatic rings. The van der Waals surface area contributed by atoms with Gasteiger partial charge in [-0.15, -0.1) is 0 Å². The molecule has 0 spiro atoms. The minimum Gasteiger partial charge on any atom is -0.413 e. The van der Waals surface area contributed by atoms with Crippen LogP contribution in [0.15, 0.2) is 24.3 Å². The van der Waals surface area contributed by atoms with Gasteiger partial charge in [-0.05, 0) is 28.7 Å². The van der Waals surface area contributed by atoms with E-state index >= 15 is 0 Å². The molecule has 88 valence electrons. The Morgan fingerprint density at radius 1 is 1.56 bits per heavy atom. The molecule has 0 bridgehead atoms. The van der Waals surface area contributed by atoms with Crippen LogP contribution in [0.3, 0.4) is 0 Å². The standard InChI is InChI=1S/C11H14INO3/c1-3-11(15,16-10(14)13-2)8-6-4-5-7-9(8)12/h4-7,15H,3H2,1-2H3,(H,13,14)/t11-/m0/s1. The molecule has 5 heteroatoms. The summed E-state index contributed by atoms with van der Waals surface area (Å²) in [6, 6.07) is 7.25. The van der Waals surface area contributed by atoms with Crippen LogP contribution in [0.25, 0.3) is 0 Å². The van der Waals surface area contributed by atoms with Crippen molar-refractivity contribution < 1.29 is 14.6 Å². The summed E-state index contributed by atoms with van der Waals surface area (Å²) in [7, 11) is 1.45. The van der Waals surface area contributed by atoms with Gasteiger partial charge in [0.05, 0.1) is 0 Å². The zero-order valence-corrected chi connectivity index (χ0v) is 11.3. The maximum absolute atomic E-state index is 11.2. The number of hydrogen-bond acceptors (Lipinski definition) is 3. The number of ether oxygens (including phenoxy) is 1. The van der Waals surface area contributed by atoms with E-state index in [0.717, 1.165) is 3.57 Å². The Balaban J connectivity index is 3.05. The first-order valence-electron chi connectivity index (χ1n) is 4.91. The van der Waals surface area contributed by atoms with Crippen molar-refractivity contribution in [2.45, 2.75) is 19.1 Å². The van der Waals surface area contributed by atoms with Gasteiger partial charge >= 0.3 is 6.09 Å². The third-order valence-electron chi connectivity index (χ3n) is 2.24. The molecule has 1 rings (SSSR count). The molecular formula is C11H14INO3. The van der Waals surface area contributed by atoms with Crippen molar-refractivity contribution >= 4 is 28.7 Å². The van der Waals surface area contributed by atoms with E-state index in [1.807, 2.05) is 12.1 Å². The third-order valence-corrected chi connectivity index (χ3v) is 3.18. The lowest BCUT2D eigenvalue weighted by Gasteiger charge is -2.27. The number of carbonyl (C=O) groups is 1. The molecule has 1 atom stereocenters. The average molecular weight is 335 g/mol. The molecule has 1 aromatic carbocycles. The second kappa shape index (κ2) is 5.49. The highest BCUT2D eigenvalue weighted by molar-refractivity contribution is 14.1. The number of nitrogens with one attached hydrogen (secondary N) is 1. The summed E-state index contributed by atoms with van der Waals surface area (Å²) >= 11 is 2.10. The Labute approximate surface area is 108 Å². The van der Waals surface area contributed by atoms with Gasteiger partial charge in [-0.25, -0.2) is 4.79 Å². The maximum Gasteiger partial charge on any atom is 0.409 e. The van der Waals surface area contributed by atoms with E-state index in [2.05, 4.69) is 27.9 Å². The van der Waals surface area contributed by atoms with Crippen molar-refractivity contribution in [3.05, 3.63) is 33.4 Å². The van der Waals surface area contributed by atoms with Gasteiger partial charge in [0.15, 0.2) is 0 Å². The zero-order chi connectivity index (χ0) is 12.2. The van der Waals surface area contributed by atoms with Gasteiger partial charge in [0.2, 0.25) is 5.79 Å². The summed E-state index contributed by atoms with van der Waals surface area (Å²) < 4.78 is 5.86. The van der Waals surface area contributed by atoms with Gasteiger partial charge in [0.25, 0.3) is 0 Å². The Morgan fingerprint density at radius 2 is 2.19 bits per heavy atom. The van der Waals surface area contributed by atoms with Crippen molar-refractivity contribution in [1.82, 2.24) is 5.32 Å². The van der Waals surface area contributed by atoms with Crippen LogP contribution in [0.5, 0.6) is 0 Å². The molecule has 16 heavy (non-hydrogen) atoms. The first kappa shape index (κ1) is 13.2. The first-order valence-corrected chi connectivity index (χ1v) is 5.99. The fourth-order valence-electron chi connectivity index (χ4n) is 1.30. The van der Waals surface area contributed by atoms with Crippen molar-refractivity contribution in [2.75, 3.05) is 7.05 Å². The number of aliphatic hydroxyl groups is 1. The van der Waals surface area contributed by atoms with Crippen LogP contribution in [0.4, 0.5) is 4.79 Å². The fourth-order valence-corrected chi connectivity index (χ4v) is 2.11. The molecule has 0 aliphatic carbocycles. The van der Waals surface area contributed by atoms with Crippen LogP contribution < -0.4 is 5.32 Å². The van der Waals surface area contributed by atoms with E-state index in [1.165, 1.54) is 7.05 Å². The number of alkyl carbamates (subject to hydrolysis) is 1. The highest BCUT2D eigenvalue weighted by Gasteiger charge is 2.33. The van der Waals surface area contributed by atoms with Gasteiger partial charge in [0.1, 0.15) is 0 Å². The quantitative estimate of drug-likeness (QED) is 0.658. The topological polar surface area (TPSA) is 58.6 Å². The predicted molar refractivity (Wildman–Crippen MR) is 68.9 cm³/mol. The van der Waals surface area contributed by atoms with Crippen molar-refractivity contribution in [3.63, 3.8) is 0 Å². The Bertz CT molecular complexity index is 383. The monoisotopic (exact) mass is 335 g/mol. The largest absolute Gasteiger partial charge is 0.413 e. The maximum atomic E-state index is 11.2. The molecule has 0 fully saturated rings. The van der Waals surface area contributed by atoms with E-state index in [0.29, 0.717) is 12.0 Å². The Kier molecular flexibility index (Phi) is 4.55. The van der Waals surface area contributed by atoms with Gasteiger partial charge in [0, 0.05) is 22.6 Å². The molecule has 1 amide bonds. The normalized spacial score (nSPS) is 14.0. The number of hydrogen-bond donors (Lipinski definition) is 2. The molecule has 1 aromatic rings. The highest BCUT2D eigenvalue weighted by Crippen LogP contribution is 2.30. The van der Waals surface area contributed by atoms with Crippen LogP contribution in [-0.4, -0.2) is 18.2 Å². The smallest absolute Gasteiger partial charge is 0.409 e. The molecule has 0 saturated heterocycles. The summed E-state index contributed by atoms with van der Waals surface area (Å²) in [4.78, 5) is 11.2. The van der Waals surface area contributed by atoms with Gasteiger partial charge in [-0.1, -0.05) is 25.1 Å². The van der Waals surface area contributed by atoms with E-state index in [-0.39, 0.29) is 0 Å². The minimum atomic E-state index is -1.57. The van der Waals surface area contributed by atoms with Crippen molar-refractivity contribution in [2.24, 2.45) is 0 Å². The van der Waals surface area contributed by atoms with Gasteiger partial charge < -0.3 is 15.2 Å². The van der Waals surface area contributed by atoms with Crippen molar-refractivity contribution in [1.29, 1.82) is 0 Å². The summed E-state index contributed by atoms with van der Waals surface area (Å²) in [6.45, 7) is 1.76. The molecule has 0 aliphatic heterocycles. The lowest BCUT2D eigenvalue weighted by atomic mass is 10.0. The van der Waals surface area contributed by atoms with E-state index in [9.17, 15) is 9.90 Å². The molecule has 0 radical (unpaired) electrons. The van der Waals surface area contributed by atoms with Crippen LogP contribution in [0.1, 0.15) is 18.9 Å². The molecule has 0 unspecified atom stereocenters. The second-order valence-electron chi connectivity index (χ2n) is 3.26. The molecule has 4 nitrogen and oxygen atoms in total. The number of benzene rings is 1. The van der Waals surface area contributed by atoms with E-state index < -0.39 is 11.9 Å². The number of amides is 1. The summed E-state index contributed by atoms with van der Waals surface area (Å²) in [6.07, 6.45) is -0.357. The number of carbonyl (C=O) groups excluding carboxylic acids is 1. The average Bonchev–Trinajstić information content (AvgIpc) is 2.29. The first-order chi connectivity index (χ1) is 7.53. The summed E-state index contributed by atoms with van der Waals surface area (Å²) in [5.74, 6) is -1.57. The Morgan fingerprint density at radius 3 is 2.69 bits per heavy atom. The minimum absolute atomic E-state index is 0.292. The number of rotatable bonds is 3. The van der Waals surface area contributed by atoms with Gasteiger partial charge in [-0.2, -0.15) is 0 Å². The SMILES string of the molecule is CC[C@](O)(OC(=O)NC)c1ccccc1I. The molecule has 2 N–H and O–H groups in total. The van der Waals surface area contributed by atoms with Crippen LogP contribution in [0, 0.1) is 3.57 Å². The number of halogens is 1. The third kappa shape index (κ3) is 2.85. The van der Waals surface area contributed by atoms with E-state index in [1.54, 1.807) is 19.1 Å². The van der Waals surface area contributed by atoms with E-state index in [4.69, 9.17) is 4.74 Å². The van der Waals surface area contributed by atoms with Crippen LogP contribution in [0.2, 0.25) is 0 Å². The Hall–Kier alpha value is -0.820. The van der Waals surface area contributed by atoms with Crippen LogP contribution in [-0.2, 0) is 10.5 Å². The van der Waals surface area contributed by atoms with Gasteiger partial charge in [-0.3, -0.25) is 0 Å². The predicted octanol–water partition coefficient (Wildman–Crippen LogP) is 2.20. The molecule has 0 aromatic heterocycles. The van der Waals surface area contributed by atoms with Crippen molar-refractivity contribution in [3.8, 4) is 0 Å². The molecule has 0 heterocycles. The lowest BCUT2D eigenvalue weighted by molar-refractivity contribution is -0.172. The van der Waals surface area contributed by atoms with Crippen LogP contribution >= 0.6 is 22.6 Å². The zero-order valence-electron chi connectivity index (χ0n) is 9.16. The summed E-state index contributed by atoms with van der Waals surface area (Å²) in [5.41, 5.74) is 0.599. The molecular weight excluding hydrogens is 321 g/mol. The highest BCUT2D eigenvalue weighted by atomic mass is 127. The molecule has 0 saturated carbocycles. The lowest BCUT2D eigenvalue weighted by Crippen LogP contribution is -2.36.